The SMILES string of the molecule is CC(O)c1cn(Cc2cccc(Br)c2)nn1. The van der Waals surface area contributed by atoms with Crippen molar-refractivity contribution in [3.05, 3.63) is 46.2 Å². The van der Waals surface area contributed by atoms with Gasteiger partial charge in [-0.3, -0.25) is 0 Å². The molecule has 5 heteroatoms. The van der Waals surface area contributed by atoms with Gasteiger partial charge in [-0.2, -0.15) is 0 Å². The highest BCUT2D eigenvalue weighted by Crippen LogP contribution is 2.13. The van der Waals surface area contributed by atoms with Crippen LogP contribution in [0.3, 0.4) is 0 Å². The van der Waals surface area contributed by atoms with E-state index < -0.39 is 6.10 Å². The molecule has 0 radical (unpaired) electrons. The summed E-state index contributed by atoms with van der Waals surface area (Å²) < 4.78 is 2.75. The van der Waals surface area contributed by atoms with Gasteiger partial charge in [0.25, 0.3) is 0 Å². The highest BCUT2D eigenvalue weighted by Gasteiger charge is 2.06. The summed E-state index contributed by atoms with van der Waals surface area (Å²) in [5.74, 6) is 0. The molecule has 1 unspecified atom stereocenters. The van der Waals surface area contributed by atoms with E-state index in [4.69, 9.17) is 0 Å². The van der Waals surface area contributed by atoms with Crippen LogP contribution in [0.15, 0.2) is 34.9 Å². The van der Waals surface area contributed by atoms with Crippen LogP contribution in [0.2, 0.25) is 0 Å². The number of hydrogen-bond donors (Lipinski definition) is 1. The first-order chi connectivity index (χ1) is 7.65. The van der Waals surface area contributed by atoms with Crippen molar-refractivity contribution in [1.82, 2.24) is 15.0 Å². The van der Waals surface area contributed by atoms with Crippen molar-refractivity contribution in [2.45, 2.75) is 19.6 Å². The van der Waals surface area contributed by atoms with Crippen LogP contribution in [-0.4, -0.2) is 20.1 Å². The van der Waals surface area contributed by atoms with Crippen LogP contribution in [0.5, 0.6) is 0 Å². The lowest BCUT2D eigenvalue weighted by atomic mass is 10.2. The fraction of sp³-hybridized carbons (Fsp3) is 0.273. The van der Waals surface area contributed by atoms with Gasteiger partial charge < -0.3 is 5.11 Å². The number of aromatic nitrogens is 3. The molecule has 2 aromatic rings. The zero-order chi connectivity index (χ0) is 11.5. The second-order valence-corrected chi connectivity index (χ2v) is 4.56. The Morgan fingerprint density at radius 2 is 2.31 bits per heavy atom. The number of halogens is 1. The minimum Gasteiger partial charge on any atom is -0.387 e. The van der Waals surface area contributed by atoms with Crippen molar-refractivity contribution in [3.8, 4) is 0 Å². The molecule has 0 spiro atoms. The molecule has 0 saturated heterocycles. The van der Waals surface area contributed by atoms with Gasteiger partial charge in [-0.15, -0.1) is 5.10 Å². The van der Waals surface area contributed by atoms with Gasteiger partial charge >= 0.3 is 0 Å². The standard InChI is InChI=1S/C11H12BrN3O/c1-8(16)11-7-15(14-13-11)6-9-3-2-4-10(12)5-9/h2-5,7-8,16H,6H2,1H3. The first-order valence-corrected chi connectivity index (χ1v) is 5.77. The smallest absolute Gasteiger partial charge is 0.111 e. The summed E-state index contributed by atoms with van der Waals surface area (Å²) in [6.07, 6.45) is 1.18. The lowest BCUT2D eigenvalue weighted by molar-refractivity contribution is 0.194. The van der Waals surface area contributed by atoms with Crippen molar-refractivity contribution in [1.29, 1.82) is 0 Å². The molecular weight excluding hydrogens is 270 g/mol. The van der Waals surface area contributed by atoms with Gasteiger partial charge in [0.05, 0.1) is 18.8 Å². The highest BCUT2D eigenvalue weighted by molar-refractivity contribution is 9.10. The molecule has 0 aliphatic heterocycles. The molecule has 0 aliphatic carbocycles. The first-order valence-electron chi connectivity index (χ1n) is 4.97. The fourth-order valence-electron chi connectivity index (χ4n) is 1.40. The maximum atomic E-state index is 9.32. The van der Waals surface area contributed by atoms with Crippen LogP contribution in [0, 0.1) is 0 Å². The summed E-state index contributed by atoms with van der Waals surface area (Å²) in [5.41, 5.74) is 1.73. The van der Waals surface area contributed by atoms with E-state index in [-0.39, 0.29) is 0 Å². The maximum absolute atomic E-state index is 9.32. The minimum absolute atomic E-state index is 0.573. The third-order valence-electron chi connectivity index (χ3n) is 2.22. The number of aliphatic hydroxyl groups is 1. The van der Waals surface area contributed by atoms with Gasteiger partial charge in [0.2, 0.25) is 0 Å². The summed E-state index contributed by atoms with van der Waals surface area (Å²) >= 11 is 3.42. The molecule has 84 valence electrons. The minimum atomic E-state index is -0.573. The molecular formula is C11H12BrN3O. The molecule has 0 fully saturated rings. The predicted octanol–water partition coefficient (Wildman–Crippen LogP) is 2.14. The van der Waals surface area contributed by atoms with Gasteiger partial charge in [0.1, 0.15) is 5.69 Å². The maximum Gasteiger partial charge on any atom is 0.111 e. The number of nitrogens with zero attached hydrogens (tertiary/aromatic N) is 3. The van der Waals surface area contributed by atoms with E-state index in [1.54, 1.807) is 17.8 Å². The summed E-state index contributed by atoms with van der Waals surface area (Å²) in [6, 6.07) is 8.01. The number of benzene rings is 1. The number of rotatable bonds is 3. The molecule has 0 aliphatic rings. The molecule has 0 bridgehead atoms. The Balaban J connectivity index is 2.14. The summed E-state index contributed by atoms with van der Waals surface area (Å²) in [4.78, 5) is 0. The van der Waals surface area contributed by atoms with Gasteiger partial charge in [-0.1, -0.05) is 33.3 Å². The first kappa shape index (κ1) is 11.3. The van der Waals surface area contributed by atoms with E-state index in [0.29, 0.717) is 12.2 Å². The lowest BCUT2D eigenvalue weighted by Crippen LogP contribution is -2.00. The molecule has 1 N–H and O–H groups in total. The average Bonchev–Trinajstić information content (AvgIpc) is 2.66. The lowest BCUT2D eigenvalue weighted by Gasteiger charge is -2.01. The highest BCUT2D eigenvalue weighted by atomic mass is 79.9. The molecule has 0 saturated carbocycles. The zero-order valence-corrected chi connectivity index (χ0v) is 10.4. The van der Waals surface area contributed by atoms with Crippen LogP contribution in [-0.2, 0) is 6.54 Å². The molecule has 1 aromatic carbocycles. The van der Waals surface area contributed by atoms with Gasteiger partial charge in [-0.25, -0.2) is 4.68 Å². The molecule has 2 rings (SSSR count). The number of hydrogen-bond acceptors (Lipinski definition) is 3. The molecule has 1 atom stereocenters. The Labute approximate surface area is 102 Å². The van der Waals surface area contributed by atoms with Gasteiger partial charge in [0.15, 0.2) is 0 Å². The Morgan fingerprint density at radius 3 is 2.94 bits per heavy atom. The third-order valence-corrected chi connectivity index (χ3v) is 2.71. The van der Waals surface area contributed by atoms with Crippen molar-refractivity contribution >= 4 is 15.9 Å². The van der Waals surface area contributed by atoms with E-state index >= 15 is 0 Å². The molecule has 0 amide bonds. The number of aliphatic hydroxyl groups excluding tert-OH is 1. The monoisotopic (exact) mass is 281 g/mol. The second-order valence-electron chi connectivity index (χ2n) is 3.65. The van der Waals surface area contributed by atoms with Crippen LogP contribution >= 0.6 is 15.9 Å². The largest absolute Gasteiger partial charge is 0.387 e. The zero-order valence-electron chi connectivity index (χ0n) is 8.84. The summed E-state index contributed by atoms with van der Waals surface area (Å²) in [7, 11) is 0. The van der Waals surface area contributed by atoms with Crippen molar-refractivity contribution < 1.29 is 5.11 Å². The van der Waals surface area contributed by atoms with E-state index in [1.807, 2.05) is 24.3 Å². The van der Waals surface area contributed by atoms with E-state index in [0.717, 1.165) is 10.0 Å². The fourth-order valence-corrected chi connectivity index (χ4v) is 1.85. The van der Waals surface area contributed by atoms with Gasteiger partial charge in [0, 0.05) is 4.47 Å². The Morgan fingerprint density at radius 1 is 1.50 bits per heavy atom. The van der Waals surface area contributed by atoms with Crippen LogP contribution < -0.4 is 0 Å². The Kier molecular flexibility index (Phi) is 3.36. The summed E-state index contributed by atoms with van der Waals surface area (Å²) in [6.45, 7) is 2.33. The third kappa shape index (κ3) is 2.68. The molecule has 1 heterocycles. The predicted molar refractivity (Wildman–Crippen MR) is 63.9 cm³/mol. The molecule has 1 aromatic heterocycles. The van der Waals surface area contributed by atoms with Crippen LogP contribution in [0.4, 0.5) is 0 Å². The Hall–Kier alpha value is -1.20. The summed E-state index contributed by atoms with van der Waals surface area (Å²) in [5, 5.41) is 17.2. The van der Waals surface area contributed by atoms with Crippen molar-refractivity contribution in [2.24, 2.45) is 0 Å². The quantitative estimate of drug-likeness (QED) is 0.938. The van der Waals surface area contributed by atoms with Gasteiger partial charge in [-0.05, 0) is 24.6 Å². The van der Waals surface area contributed by atoms with E-state index in [1.165, 1.54) is 0 Å². The Bertz CT molecular complexity index is 482. The second kappa shape index (κ2) is 4.76. The van der Waals surface area contributed by atoms with Crippen LogP contribution in [0.1, 0.15) is 24.3 Å². The van der Waals surface area contributed by atoms with Crippen LogP contribution in [0.25, 0.3) is 0 Å². The van der Waals surface area contributed by atoms with Crippen molar-refractivity contribution in [3.63, 3.8) is 0 Å². The normalized spacial score (nSPS) is 12.7. The molecule has 16 heavy (non-hydrogen) atoms. The van der Waals surface area contributed by atoms with Crippen molar-refractivity contribution in [2.75, 3.05) is 0 Å². The molecule has 4 nitrogen and oxygen atoms in total. The average molecular weight is 282 g/mol. The van der Waals surface area contributed by atoms with E-state index in [2.05, 4.69) is 26.2 Å². The topological polar surface area (TPSA) is 50.9 Å². The van der Waals surface area contributed by atoms with E-state index in [9.17, 15) is 5.11 Å².